The summed E-state index contributed by atoms with van der Waals surface area (Å²) in [5.41, 5.74) is 1.58. The lowest BCUT2D eigenvalue weighted by molar-refractivity contribution is 0.0947. The summed E-state index contributed by atoms with van der Waals surface area (Å²) in [5.74, 6) is 0.0662. The molecule has 3 rings (SSSR count). The van der Waals surface area contributed by atoms with Crippen molar-refractivity contribution in [3.63, 3.8) is 0 Å². The molecule has 4 heteroatoms. The van der Waals surface area contributed by atoms with Crippen LogP contribution < -0.4 is 5.32 Å². The lowest BCUT2D eigenvalue weighted by atomic mass is 9.80. The fourth-order valence-electron chi connectivity index (χ4n) is 2.93. The lowest BCUT2D eigenvalue weighted by Gasteiger charge is -2.28. The summed E-state index contributed by atoms with van der Waals surface area (Å²) in [6, 6.07) is 6.02. The number of hydrogen-bond acceptors (Lipinski definition) is 3. The molecule has 1 N–H and O–H groups in total. The normalized spacial score (nSPS) is 17.5. The molecule has 1 saturated carbocycles. The summed E-state index contributed by atoms with van der Waals surface area (Å²) < 4.78 is 0. The van der Waals surface area contributed by atoms with Crippen LogP contribution in [0.5, 0.6) is 0 Å². The molecule has 0 radical (unpaired) electrons. The van der Waals surface area contributed by atoms with Gasteiger partial charge in [-0.15, -0.1) is 11.3 Å². The standard InChI is InChI=1S/C15H17NOS2/c17-14(13-4-3-8-19-13)16-11-15(6-1-2-7-15)12-5-9-18-10-12/h3-5,8-10H,1-2,6-7,11H2,(H,16,17). The van der Waals surface area contributed by atoms with Gasteiger partial charge in [-0.3, -0.25) is 4.79 Å². The zero-order valence-corrected chi connectivity index (χ0v) is 12.4. The Morgan fingerprint density at radius 1 is 1.26 bits per heavy atom. The van der Waals surface area contributed by atoms with Gasteiger partial charge in [0, 0.05) is 12.0 Å². The third-order valence-electron chi connectivity index (χ3n) is 4.03. The van der Waals surface area contributed by atoms with Crippen LogP contribution in [-0.2, 0) is 5.41 Å². The highest BCUT2D eigenvalue weighted by Gasteiger charge is 2.36. The minimum atomic E-state index is 0.0662. The van der Waals surface area contributed by atoms with Gasteiger partial charge in [-0.1, -0.05) is 18.9 Å². The molecule has 0 unspecified atom stereocenters. The molecule has 2 nitrogen and oxygen atoms in total. The maximum Gasteiger partial charge on any atom is 0.261 e. The van der Waals surface area contributed by atoms with Gasteiger partial charge in [0.1, 0.15) is 0 Å². The second-order valence-corrected chi connectivity index (χ2v) is 6.89. The molecule has 100 valence electrons. The van der Waals surface area contributed by atoms with Gasteiger partial charge in [0.25, 0.3) is 5.91 Å². The Morgan fingerprint density at radius 2 is 2.11 bits per heavy atom. The van der Waals surface area contributed by atoms with Crippen LogP contribution in [0.2, 0.25) is 0 Å². The summed E-state index contributed by atoms with van der Waals surface area (Å²) in [4.78, 5) is 12.9. The number of hydrogen-bond donors (Lipinski definition) is 1. The summed E-state index contributed by atoms with van der Waals surface area (Å²) >= 11 is 3.25. The SMILES string of the molecule is O=C(NCC1(c2ccsc2)CCCC1)c1cccs1. The van der Waals surface area contributed by atoms with E-state index in [-0.39, 0.29) is 11.3 Å². The molecule has 0 aromatic carbocycles. The van der Waals surface area contributed by atoms with Crippen molar-refractivity contribution < 1.29 is 4.79 Å². The van der Waals surface area contributed by atoms with E-state index in [2.05, 4.69) is 22.1 Å². The van der Waals surface area contributed by atoms with Crippen LogP contribution >= 0.6 is 22.7 Å². The van der Waals surface area contributed by atoms with Crippen LogP contribution in [-0.4, -0.2) is 12.5 Å². The quantitative estimate of drug-likeness (QED) is 0.904. The molecule has 0 saturated heterocycles. The predicted molar refractivity (Wildman–Crippen MR) is 81.1 cm³/mol. The predicted octanol–water partition coefficient (Wildman–Crippen LogP) is 4.05. The van der Waals surface area contributed by atoms with E-state index in [0.29, 0.717) is 0 Å². The van der Waals surface area contributed by atoms with Gasteiger partial charge in [-0.2, -0.15) is 11.3 Å². The first-order valence-electron chi connectivity index (χ1n) is 6.65. The van der Waals surface area contributed by atoms with E-state index in [9.17, 15) is 4.79 Å². The van der Waals surface area contributed by atoms with E-state index in [1.165, 1.54) is 42.6 Å². The van der Waals surface area contributed by atoms with Crippen molar-refractivity contribution in [2.45, 2.75) is 31.1 Å². The van der Waals surface area contributed by atoms with Crippen molar-refractivity contribution in [1.82, 2.24) is 5.32 Å². The third kappa shape index (κ3) is 2.60. The smallest absolute Gasteiger partial charge is 0.261 e. The number of thiophene rings is 2. The van der Waals surface area contributed by atoms with Gasteiger partial charge in [-0.05, 0) is 46.7 Å². The molecule has 19 heavy (non-hydrogen) atoms. The second-order valence-electron chi connectivity index (χ2n) is 5.16. The van der Waals surface area contributed by atoms with E-state index in [4.69, 9.17) is 0 Å². The first kappa shape index (κ1) is 12.9. The highest BCUT2D eigenvalue weighted by Crippen LogP contribution is 2.41. The van der Waals surface area contributed by atoms with Gasteiger partial charge >= 0.3 is 0 Å². The molecule has 2 aromatic rings. The van der Waals surface area contributed by atoms with Crippen molar-refractivity contribution in [3.8, 4) is 0 Å². The van der Waals surface area contributed by atoms with Crippen molar-refractivity contribution in [3.05, 3.63) is 44.8 Å². The van der Waals surface area contributed by atoms with E-state index in [1.54, 1.807) is 11.3 Å². The molecule has 2 heterocycles. The Labute approximate surface area is 121 Å². The largest absolute Gasteiger partial charge is 0.350 e. The average Bonchev–Trinajstić information content (AvgIpc) is 3.16. The maximum absolute atomic E-state index is 12.1. The Bertz CT molecular complexity index is 525. The molecule has 1 aliphatic rings. The molecule has 0 aliphatic heterocycles. The minimum absolute atomic E-state index is 0.0662. The molecule has 0 atom stereocenters. The lowest BCUT2D eigenvalue weighted by Crippen LogP contribution is -2.38. The van der Waals surface area contributed by atoms with E-state index < -0.39 is 0 Å². The Hall–Kier alpha value is -1.13. The number of carbonyl (C=O) groups excluding carboxylic acids is 1. The number of amides is 1. The van der Waals surface area contributed by atoms with Crippen molar-refractivity contribution in [2.24, 2.45) is 0 Å². The fraction of sp³-hybridized carbons (Fsp3) is 0.400. The number of rotatable bonds is 4. The second kappa shape index (κ2) is 5.47. The van der Waals surface area contributed by atoms with Crippen molar-refractivity contribution in [1.29, 1.82) is 0 Å². The monoisotopic (exact) mass is 291 g/mol. The Morgan fingerprint density at radius 3 is 2.74 bits per heavy atom. The molecular weight excluding hydrogens is 274 g/mol. The molecular formula is C15H17NOS2. The number of carbonyl (C=O) groups is 1. The molecule has 2 aromatic heterocycles. The van der Waals surface area contributed by atoms with Gasteiger partial charge < -0.3 is 5.32 Å². The van der Waals surface area contributed by atoms with Gasteiger partial charge in [0.2, 0.25) is 0 Å². The third-order valence-corrected chi connectivity index (χ3v) is 5.58. The van der Waals surface area contributed by atoms with Crippen molar-refractivity contribution >= 4 is 28.6 Å². The van der Waals surface area contributed by atoms with E-state index in [1.807, 2.05) is 17.5 Å². The zero-order valence-electron chi connectivity index (χ0n) is 10.7. The fourth-order valence-corrected chi connectivity index (χ4v) is 4.35. The minimum Gasteiger partial charge on any atom is -0.350 e. The molecule has 1 amide bonds. The first-order chi connectivity index (χ1) is 9.30. The molecule has 1 fully saturated rings. The van der Waals surface area contributed by atoms with Gasteiger partial charge in [0.15, 0.2) is 0 Å². The topological polar surface area (TPSA) is 29.1 Å². The van der Waals surface area contributed by atoms with Crippen LogP contribution in [0.3, 0.4) is 0 Å². The van der Waals surface area contributed by atoms with Crippen LogP contribution in [0.1, 0.15) is 40.9 Å². The highest BCUT2D eigenvalue weighted by atomic mass is 32.1. The molecule has 0 bridgehead atoms. The molecule has 0 spiro atoms. The molecule has 1 aliphatic carbocycles. The first-order valence-corrected chi connectivity index (χ1v) is 8.47. The van der Waals surface area contributed by atoms with Crippen LogP contribution in [0.4, 0.5) is 0 Å². The summed E-state index contributed by atoms with van der Waals surface area (Å²) in [6.45, 7) is 0.764. The Kier molecular flexibility index (Phi) is 3.71. The van der Waals surface area contributed by atoms with Gasteiger partial charge in [0.05, 0.1) is 4.88 Å². The van der Waals surface area contributed by atoms with Crippen LogP contribution in [0.25, 0.3) is 0 Å². The summed E-state index contributed by atoms with van der Waals surface area (Å²) in [6.07, 6.45) is 4.92. The van der Waals surface area contributed by atoms with E-state index >= 15 is 0 Å². The average molecular weight is 291 g/mol. The summed E-state index contributed by atoms with van der Waals surface area (Å²) in [5, 5.41) is 9.45. The van der Waals surface area contributed by atoms with Crippen molar-refractivity contribution in [2.75, 3.05) is 6.54 Å². The van der Waals surface area contributed by atoms with Gasteiger partial charge in [-0.25, -0.2) is 0 Å². The van der Waals surface area contributed by atoms with Crippen LogP contribution in [0, 0.1) is 0 Å². The number of nitrogens with one attached hydrogen (secondary N) is 1. The Balaban J connectivity index is 1.71. The maximum atomic E-state index is 12.1. The highest BCUT2D eigenvalue weighted by molar-refractivity contribution is 7.12. The van der Waals surface area contributed by atoms with Crippen LogP contribution in [0.15, 0.2) is 34.3 Å². The van der Waals surface area contributed by atoms with E-state index in [0.717, 1.165) is 11.4 Å². The zero-order chi connectivity index (χ0) is 13.1. The summed E-state index contributed by atoms with van der Waals surface area (Å²) in [7, 11) is 0.